The van der Waals surface area contributed by atoms with Crippen molar-refractivity contribution in [3.05, 3.63) is 11.6 Å². The lowest BCUT2D eigenvalue weighted by atomic mass is 9.79. The van der Waals surface area contributed by atoms with Crippen molar-refractivity contribution in [1.82, 2.24) is 0 Å². The van der Waals surface area contributed by atoms with E-state index >= 15 is 0 Å². The quantitative estimate of drug-likeness (QED) is 0.555. The molecule has 1 N–H and O–H groups in total. The predicted octanol–water partition coefficient (Wildman–Crippen LogP) is 1.49. The van der Waals surface area contributed by atoms with Crippen LogP contribution in [-0.4, -0.2) is 23.4 Å². The predicted molar refractivity (Wildman–Crippen MR) is 46.8 cm³/mol. The second kappa shape index (κ2) is 2.57. The molecule has 1 saturated heterocycles. The largest absolute Gasteiger partial charge is 0.387 e. The Bertz CT molecular complexity index is 218. The second-order valence-electron chi connectivity index (χ2n) is 4.29. The van der Waals surface area contributed by atoms with Gasteiger partial charge in [0.05, 0.1) is 18.3 Å². The van der Waals surface area contributed by atoms with Crippen molar-refractivity contribution in [1.29, 1.82) is 0 Å². The lowest BCUT2D eigenvalue weighted by Crippen LogP contribution is -2.36. The van der Waals surface area contributed by atoms with Crippen LogP contribution in [0.25, 0.3) is 0 Å². The van der Waals surface area contributed by atoms with Crippen LogP contribution in [0.2, 0.25) is 0 Å². The highest BCUT2D eigenvalue weighted by Gasteiger charge is 2.44. The van der Waals surface area contributed by atoms with E-state index in [2.05, 4.69) is 13.0 Å². The molecule has 0 spiro atoms. The smallest absolute Gasteiger partial charge is 0.0908 e. The molecule has 0 bridgehead atoms. The van der Waals surface area contributed by atoms with E-state index in [1.165, 1.54) is 5.57 Å². The van der Waals surface area contributed by atoms with Crippen LogP contribution in [0.3, 0.4) is 0 Å². The Hall–Kier alpha value is -0.340. The third-order valence-electron chi connectivity index (χ3n) is 3.06. The third kappa shape index (κ3) is 1.19. The van der Waals surface area contributed by atoms with E-state index in [0.717, 1.165) is 12.8 Å². The minimum absolute atomic E-state index is 0.175. The van der Waals surface area contributed by atoms with Crippen molar-refractivity contribution in [3.63, 3.8) is 0 Å². The Morgan fingerprint density at radius 1 is 1.67 bits per heavy atom. The second-order valence-corrected chi connectivity index (χ2v) is 4.29. The molecular weight excluding hydrogens is 152 g/mol. The number of rotatable bonds is 0. The standard InChI is InChI=1S/C10H16O2/c1-7-3-4-8-9(5-7)12-6-10(8,2)11/h5,8-9,11H,3-4,6H2,1-2H3. The molecule has 3 unspecified atom stereocenters. The zero-order valence-corrected chi connectivity index (χ0v) is 7.71. The fourth-order valence-corrected chi connectivity index (χ4v) is 2.23. The maximum Gasteiger partial charge on any atom is 0.0908 e. The number of hydrogen-bond donors (Lipinski definition) is 1. The summed E-state index contributed by atoms with van der Waals surface area (Å²) in [6, 6.07) is 0. The number of fused-ring (bicyclic) bond motifs is 1. The van der Waals surface area contributed by atoms with Crippen LogP contribution >= 0.6 is 0 Å². The van der Waals surface area contributed by atoms with E-state index in [4.69, 9.17) is 4.74 Å². The molecule has 2 nitrogen and oxygen atoms in total. The summed E-state index contributed by atoms with van der Waals surface area (Å²) in [5, 5.41) is 9.92. The Balaban J connectivity index is 2.20. The molecule has 0 radical (unpaired) electrons. The summed E-state index contributed by atoms with van der Waals surface area (Å²) in [6.45, 7) is 4.50. The number of allylic oxidation sites excluding steroid dienone is 1. The SMILES string of the molecule is CC1=CC2OCC(C)(O)C2CC1. The van der Waals surface area contributed by atoms with Gasteiger partial charge in [0, 0.05) is 5.92 Å². The monoisotopic (exact) mass is 168 g/mol. The summed E-state index contributed by atoms with van der Waals surface area (Å²) in [4.78, 5) is 0. The Kier molecular flexibility index (Phi) is 1.77. The van der Waals surface area contributed by atoms with Crippen molar-refractivity contribution in [3.8, 4) is 0 Å². The van der Waals surface area contributed by atoms with E-state index in [-0.39, 0.29) is 6.10 Å². The zero-order valence-electron chi connectivity index (χ0n) is 7.71. The molecule has 2 rings (SSSR count). The minimum atomic E-state index is -0.595. The topological polar surface area (TPSA) is 29.5 Å². The molecule has 1 fully saturated rings. The first-order valence-electron chi connectivity index (χ1n) is 4.61. The average Bonchev–Trinajstić information content (AvgIpc) is 2.27. The Labute approximate surface area is 73.2 Å². The van der Waals surface area contributed by atoms with Crippen molar-refractivity contribution in [2.45, 2.75) is 38.4 Å². The van der Waals surface area contributed by atoms with Crippen molar-refractivity contribution < 1.29 is 9.84 Å². The molecule has 0 aromatic carbocycles. The molecule has 2 heteroatoms. The van der Waals surface area contributed by atoms with Gasteiger partial charge in [-0.05, 0) is 26.7 Å². The summed E-state index contributed by atoms with van der Waals surface area (Å²) in [6.07, 6.45) is 4.52. The van der Waals surface area contributed by atoms with Crippen LogP contribution < -0.4 is 0 Å². The molecular formula is C10H16O2. The summed E-state index contributed by atoms with van der Waals surface area (Å²) in [7, 11) is 0. The van der Waals surface area contributed by atoms with E-state index in [1.807, 2.05) is 6.92 Å². The highest BCUT2D eigenvalue weighted by atomic mass is 16.5. The summed E-state index contributed by atoms with van der Waals surface area (Å²) in [5.41, 5.74) is 0.802. The minimum Gasteiger partial charge on any atom is -0.387 e. The maximum absolute atomic E-state index is 9.92. The summed E-state index contributed by atoms with van der Waals surface area (Å²) < 4.78 is 5.52. The van der Waals surface area contributed by atoms with E-state index in [9.17, 15) is 5.11 Å². The molecule has 0 aromatic heterocycles. The average molecular weight is 168 g/mol. The third-order valence-corrected chi connectivity index (χ3v) is 3.06. The van der Waals surface area contributed by atoms with Gasteiger partial charge >= 0.3 is 0 Å². The number of aliphatic hydroxyl groups is 1. The van der Waals surface area contributed by atoms with E-state index in [0.29, 0.717) is 12.5 Å². The fourth-order valence-electron chi connectivity index (χ4n) is 2.23. The fraction of sp³-hybridized carbons (Fsp3) is 0.800. The molecule has 3 atom stereocenters. The van der Waals surface area contributed by atoms with Gasteiger partial charge in [-0.3, -0.25) is 0 Å². The van der Waals surface area contributed by atoms with Gasteiger partial charge in [0.2, 0.25) is 0 Å². The molecule has 12 heavy (non-hydrogen) atoms. The van der Waals surface area contributed by atoms with Crippen LogP contribution in [0.15, 0.2) is 11.6 Å². The summed E-state index contributed by atoms with van der Waals surface area (Å²) in [5.74, 6) is 0.321. The molecule has 0 amide bonds. The van der Waals surface area contributed by atoms with Gasteiger partial charge in [-0.25, -0.2) is 0 Å². The highest BCUT2D eigenvalue weighted by Crippen LogP contribution is 2.39. The lowest BCUT2D eigenvalue weighted by Gasteiger charge is -2.29. The number of ether oxygens (including phenoxy) is 1. The van der Waals surface area contributed by atoms with Crippen LogP contribution in [-0.2, 0) is 4.74 Å². The van der Waals surface area contributed by atoms with E-state index in [1.54, 1.807) is 0 Å². The molecule has 1 heterocycles. The zero-order chi connectivity index (χ0) is 8.77. The van der Waals surface area contributed by atoms with Gasteiger partial charge in [-0.1, -0.05) is 11.6 Å². The summed E-state index contributed by atoms with van der Waals surface area (Å²) >= 11 is 0. The van der Waals surface area contributed by atoms with Crippen molar-refractivity contribution in [2.24, 2.45) is 5.92 Å². The first-order chi connectivity index (χ1) is 5.59. The van der Waals surface area contributed by atoms with Crippen molar-refractivity contribution in [2.75, 3.05) is 6.61 Å². The van der Waals surface area contributed by atoms with Gasteiger partial charge in [-0.15, -0.1) is 0 Å². The van der Waals surface area contributed by atoms with Gasteiger partial charge < -0.3 is 9.84 Å². The molecule has 68 valence electrons. The van der Waals surface area contributed by atoms with Crippen LogP contribution in [0.5, 0.6) is 0 Å². The van der Waals surface area contributed by atoms with Crippen LogP contribution in [0.1, 0.15) is 26.7 Å². The van der Waals surface area contributed by atoms with Crippen LogP contribution in [0.4, 0.5) is 0 Å². The van der Waals surface area contributed by atoms with E-state index < -0.39 is 5.60 Å². The molecule has 0 aromatic rings. The number of hydrogen-bond acceptors (Lipinski definition) is 2. The lowest BCUT2D eigenvalue weighted by molar-refractivity contribution is 0.0169. The molecule has 0 saturated carbocycles. The first kappa shape index (κ1) is 8.27. The molecule has 1 aliphatic carbocycles. The highest BCUT2D eigenvalue weighted by molar-refractivity contribution is 5.13. The van der Waals surface area contributed by atoms with Gasteiger partial charge in [0.25, 0.3) is 0 Å². The molecule has 1 aliphatic heterocycles. The maximum atomic E-state index is 9.92. The molecule has 2 aliphatic rings. The van der Waals surface area contributed by atoms with Gasteiger partial charge in [-0.2, -0.15) is 0 Å². The van der Waals surface area contributed by atoms with Crippen molar-refractivity contribution >= 4 is 0 Å². The Morgan fingerprint density at radius 2 is 2.42 bits per heavy atom. The Morgan fingerprint density at radius 3 is 3.17 bits per heavy atom. The van der Waals surface area contributed by atoms with Gasteiger partial charge in [0.15, 0.2) is 0 Å². The van der Waals surface area contributed by atoms with Crippen LogP contribution in [0, 0.1) is 5.92 Å². The normalized spacial score (nSPS) is 47.1. The first-order valence-corrected chi connectivity index (χ1v) is 4.61. The van der Waals surface area contributed by atoms with Gasteiger partial charge in [0.1, 0.15) is 0 Å².